The van der Waals surface area contributed by atoms with Crippen LogP contribution in [0.5, 0.6) is 0 Å². The smallest absolute Gasteiger partial charge is 0.0455 e. The van der Waals surface area contributed by atoms with E-state index in [0.717, 1.165) is 18.0 Å². The van der Waals surface area contributed by atoms with Crippen molar-refractivity contribution in [1.82, 2.24) is 0 Å². The highest BCUT2D eigenvalue weighted by Gasteiger charge is 2.21. The maximum Gasteiger partial charge on any atom is 0.0455 e. The molecule has 2 aromatic rings. The van der Waals surface area contributed by atoms with Crippen LogP contribution in [-0.2, 0) is 6.42 Å². The highest BCUT2D eigenvalue weighted by atomic mass is 35.5. The third-order valence-electron chi connectivity index (χ3n) is 3.75. The third-order valence-corrected chi connectivity index (χ3v) is 4.16. The topological polar surface area (TPSA) is 12.0 Å². The Morgan fingerprint density at radius 2 is 1.89 bits per heavy atom. The van der Waals surface area contributed by atoms with E-state index in [9.17, 15) is 0 Å². The van der Waals surface area contributed by atoms with E-state index in [1.165, 1.54) is 22.4 Å². The van der Waals surface area contributed by atoms with Gasteiger partial charge in [-0.2, -0.15) is 0 Å². The maximum atomic E-state index is 6.16. The molecule has 0 radical (unpaired) electrons. The summed E-state index contributed by atoms with van der Waals surface area (Å²) >= 11 is 6.16. The summed E-state index contributed by atoms with van der Waals surface area (Å²) in [4.78, 5) is 0. The fraction of sp³-hybridized carbons (Fsp3) is 0.250. The Morgan fingerprint density at radius 3 is 2.67 bits per heavy atom. The van der Waals surface area contributed by atoms with Gasteiger partial charge in [-0.15, -0.1) is 0 Å². The molecule has 0 spiro atoms. The first-order chi connectivity index (χ1) is 8.75. The van der Waals surface area contributed by atoms with Crippen molar-refractivity contribution in [3.05, 3.63) is 64.2 Å². The molecule has 0 saturated carbocycles. The molecule has 1 N–H and O–H groups in total. The van der Waals surface area contributed by atoms with Crippen LogP contribution in [0.15, 0.2) is 42.5 Å². The third kappa shape index (κ3) is 1.99. The van der Waals surface area contributed by atoms with Gasteiger partial charge in [0.2, 0.25) is 0 Å². The van der Waals surface area contributed by atoms with Crippen molar-refractivity contribution in [3.63, 3.8) is 0 Å². The van der Waals surface area contributed by atoms with Crippen LogP contribution in [0, 0.1) is 6.92 Å². The normalized spacial score (nSPS) is 18.0. The van der Waals surface area contributed by atoms with Crippen LogP contribution in [0.4, 0.5) is 5.69 Å². The number of hydrogen-bond acceptors (Lipinski definition) is 1. The van der Waals surface area contributed by atoms with Crippen molar-refractivity contribution in [3.8, 4) is 0 Å². The lowest BCUT2D eigenvalue weighted by atomic mass is 9.87. The van der Waals surface area contributed by atoms with Gasteiger partial charge in [0.25, 0.3) is 0 Å². The quantitative estimate of drug-likeness (QED) is 0.798. The Hall–Kier alpha value is -1.47. The number of benzene rings is 2. The summed E-state index contributed by atoms with van der Waals surface area (Å²) in [6.45, 7) is 3.06. The standard InChI is InChI=1S/C16H16ClN/c1-11-15(17)8-7-13-9-14(10-18-16(11)13)12-5-3-2-4-6-12/h2-8,14,18H,9-10H2,1H3. The predicted molar refractivity (Wildman–Crippen MR) is 77.6 cm³/mol. The second-order valence-electron chi connectivity index (χ2n) is 4.90. The van der Waals surface area contributed by atoms with Crippen molar-refractivity contribution in [1.29, 1.82) is 0 Å². The molecule has 1 unspecified atom stereocenters. The Labute approximate surface area is 113 Å². The van der Waals surface area contributed by atoms with E-state index in [-0.39, 0.29) is 0 Å². The molecule has 0 fully saturated rings. The monoisotopic (exact) mass is 257 g/mol. The van der Waals surface area contributed by atoms with Crippen LogP contribution >= 0.6 is 11.6 Å². The van der Waals surface area contributed by atoms with Crippen molar-refractivity contribution in [2.24, 2.45) is 0 Å². The molecule has 1 atom stereocenters. The van der Waals surface area contributed by atoms with Gasteiger partial charge in [0.1, 0.15) is 0 Å². The van der Waals surface area contributed by atoms with E-state index < -0.39 is 0 Å². The fourth-order valence-corrected chi connectivity index (χ4v) is 2.84. The van der Waals surface area contributed by atoms with Gasteiger partial charge in [-0.3, -0.25) is 0 Å². The first-order valence-corrected chi connectivity index (χ1v) is 6.70. The van der Waals surface area contributed by atoms with E-state index in [4.69, 9.17) is 11.6 Å². The molecule has 0 aliphatic carbocycles. The first kappa shape index (κ1) is 11.6. The van der Waals surface area contributed by atoms with Crippen LogP contribution in [-0.4, -0.2) is 6.54 Å². The van der Waals surface area contributed by atoms with Gasteiger partial charge in [0.05, 0.1) is 0 Å². The largest absolute Gasteiger partial charge is 0.384 e. The average molecular weight is 258 g/mol. The maximum absolute atomic E-state index is 6.16. The lowest BCUT2D eigenvalue weighted by Gasteiger charge is -2.28. The molecule has 18 heavy (non-hydrogen) atoms. The Bertz CT molecular complexity index is 563. The molecule has 0 bridgehead atoms. The van der Waals surface area contributed by atoms with Crippen molar-refractivity contribution in [2.75, 3.05) is 11.9 Å². The average Bonchev–Trinajstić information content (AvgIpc) is 2.44. The fourth-order valence-electron chi connectivity index (χ4n) is 2.68. The van der Waals surface area contributed by atoms with Crippen LogP contribution in [0.1, 0.15) is 22.6 Å². The van der Waals surface area contributed by atoms with Crippen LogP contribution in [0.3, 0.4) is 0 Å². The molecule has 1 nitrogen and oxygen atoms in total. The highest BCUT2D eigenvalue weighted by molar-refractivity contribution is 6.31. The lowest BCUT2D eigenvalue weighted by molar-refractivity contribution is 0.694. The Balaban J connectivity index is 1.93. The first-order valence-electron chi connectivity index (χ1n) is 6.32. The summed E-state index contributed by atoms with van der Waals surface area (Å²) in [5.74, 6) is 0.555. The Kier molecular flexibility index (Phi) is 3.00. The number of halogens is 1. The number of fused-ring (bicyclic) bond motifs is 1. The minimum Gasteiger partial charge on any atom is -0.384 e. The summed E-state index contributed by atoms with van der Waals surface area (Å²) in [6.07, 6.45) is 1.09. The van der Waals surface area contributed by atoms with E-state index in [2.05, 4.69) is 48.6 Å². The molecule has 0 saturated heterocycles. The van der Waals surface area contributed by atoms with Gasteiger partial charge in [-0.05, 0) is 36.1 Å². The molecule has 1 heterocycles. The molecule has 1 aliphatic rings. The van der Waals surface area contributed by atoms with E-state index >= 15 is 0 Å². The van der Waals surface area contributed by atoms with E-state index in [0.29, 0.717) is 5.92 Å². The molecular weight excluding hydrogens is 242 g/mol. The molecule has 0 aromatic heterocycles. The Morgan fingerprint density at radius 1 is 1.11 bits per heavy atom. The number of rotatable bonds is 1. The second kappa shape index (κ2) is 4.66. The van der Waals surface area contributed by atoms with Crippen molar-refractivity contribution < 1.29 is 0 Å². The second-order valence-corrected chi connectivity index (χ2v) is 5.31. The minimum atomic E-state index is 0.555. The molecule has 0 amide bonds. The minimum absolute atomic E-state index is 0.555. The molecule has 1 aliphatic heterocycles. The zero-order valence-corrected chi connectivity index (χ0v) is 11.2. The van der Waals surface area contributed by atoms with Crippen LogP contribution in [0.2, 0.25) is 5.02 Å². The number of anilines is 1. The van der Waals surface area contributed by atoms with Gasteiger partial charge in [-0.25, -0.2) is 0 Å². The molecule has 2 aromatic carbocycles. The highest BCUT2D eigenvalue weighted by Crippen LogP contribution is 2.35. The van der Waals surface area contributed by atoms with Crippen molar-refractivity contribution >= 4 is 17.3 Å². The summed E-state index contributed by atoms with van der Waals surface area (Å²) in [7, 11) is 0. The number of nitrogens with one attached hydrogen (secondary N) is 1. The van der Waals surface area contributed by atoms with E-state index in [1.54, 1.807) is 0 Å². The predicted octanol–water partition coefficient (Wildman–Crippen LogP) is 4.40. The van der Waals surface area contributed by atoms with Crippen LogP contribution in [0.25, 0.3) is 0 Å². The lowest BCUT2D eigenvalue weighted by Crippen LogP contribution is -2.22. The molecule has 2 heteroatoms. The van der Waals surface area contributed by atoms with Crippen LogP contribution < -0.4 is 5.32 Å². The van der Waals surface area contributed by atoms with Crippen molar-refractivity contribution in [2.45, 2.75) is 19.3 Å². The van der Waals surface area contributed by atoms with Gasteiger partial charge in [0.15, 0.2) is 0 Å². The molecular formula is C16H16ClN. The summed E-state index contributed by atoms with van der Waals surface area (Å²) < 4.78 is 0. The summed E-state index contributed by atoms with van der Waals surface area (Å²) in [6, 6.07) is 14.9. The zero-order valence-electron chi connectivity index (χ0n) is 10.4. The van der Waals surface area contributed by atoms with Gasteiger partial charge in [0, 0.05) is 23.2 Å². The zero-order chi connectivity index (χ0) is 12.5. The van der Waals surface area contributed by atoms with Gasteiger partial charge < -0.3 is 5.32 Å². The SMILES string of the molecule is Cc1c(Cl)ccc2c1NCC(c1ccccc1)C2. The summed E-state index contributed by atoms with van der Waals surface area (Å²) in [5.41, 5.74) is 5.18. The van der Waals surface area contributed by atoms with Gasteiger partial charge >= 0.3 is 0 Å². The molecule has 92 valence electrons. The van der Waals surface area contributed by atoms with Gasteiger partial charge in [-0.1, -0.05) is 48.0 Å². The number of hydrogen-bond donors (Lipinski definition) is 1. The van der Waals surface area contributed by atoms with E-state index in [1.807, 2.05) is 6.07 Å². The summed E-state index contributed by atoms with van der Waals surface area (Å²) in [5, 5.41) is 4.38. The molecule has 3 rings (SSSR count).